The van der Waals surface area contributed by atoms with Crippen molar-refractivity contribution in [3.63, 3.8) is 0 Å². The van der Waals surface area contributed by atoms with Crippen LogP contribution in [0.25, 0.3) is 33.7 Å². The molecule has 0 saturated heterocycles. The maximum absolute atomic E-state index is 8.86. The van der Waals surface area contributed by atoms with Crippen molar-refractivity contribution in [2.45, 2.75) is 0 Å². The highest BCUT2D eigenvalue weighted by molar-refractivity contribution is 6.12. The Kier molecular flexibility index (Phi) is 3.69. The Balaban J connectivity index is 2.54. The first-order valence-corrected chi connectivity index (χ1v) is 6.92. The van der Waals surface area contributed by atoms with Gasteiger partial charge in [0, 0.05) is 12.2 Å². The summed E-state index contributed by atoms with van der Waals surface area (Å²) in [7, 11) is 0. The van der Waals surface area contributed by atoms with Gasteiger partial charge in [0.05, 0.1) is 12.1 Å². The first-order valence-electron chi connectivity index (χ1n) is 6.92. The predicted molar refractivity (Wildman–Crippen MR) is 90.7 cm³/mol. The molecule has 0 heterocycles. The van der Waals surface area contributed by atoms with Gasteiger partial charge >= 0.3 is 0 Å². The van der Waals surface area contributed by atoms with Gasteiger partial charge < -0.3 is 0 Å². The maximum atomic E-state index is 8.86. The minimum Gasteiger partial charge on any atom is -0.193 e. The Hall–Kier alpha value is -3.36. The van der Waals surface area contributed by atoms with Crippen LogP contribution in [-0.4, -0.2) is 0 Å². The molecule has 0 saturated carbocycles. The molecule has 0 amide bonds. The molecule has 3 aromatic rings. The number of rotatable bonds is 2. The van der Waals surface area contributed by atoms with Crippen LogP contribution in [0.4, 0.5) is 0 Å². The molecule has 0 aromatic heterocycles. The van der Waals surface area contributed by atoms with Crippen LogP contribution >= 0.6 is 0 Å². The van der Waals surface area contributed by atoms with Crippen LogP contribution in [0.3, 0.4) is 0 Å². The molecule has 0 spiro atoms. The van der Waals surface area contributed by atoms with Gasteiger partial charge in [0.2, 0.25) is 0 Å². The fourth-order valence-electron chi connectivity index (χ4n) is 2.80. The van der Waals surface area contributed by atoms with E-state index in [0.717, 1.165) is 32.7 Å². The Bertz CT molecular complexity index is 857. The normalized spacial score (nSPS) is 11.2. The quantitative estimate of drug-likeness (QED) is 0.486. The number of nitriles is 2. The van der Waals surface area contributed by atoms with E-state index in [-0.39, 0.29) is 0 Å². The van der Waals surface area contributed by atoms with Gasteiger partial charge in [0.15, 0.2) is 0 Å². The molecule has 0 unspecified atom stereocenters. The van der Waals surface area contributed by atoms with Crippen LogP contribution in [0, 0.1) is 22.7 Å². The average Bonchev–Trinajstić information content (AvgIpc) is 2.58. The first kappa shape index (κ1) is 13.6. The summed E-state index contributed by atoms with van der Waals surface area (Å²) < 4.78 is 0. The summed E-state index contributed by atoms with van der Waals surface area (Å²) in [5.74, 6) is 0. The number of fused-ring (bicyclic) bond motifs is 2. The summed E-state index contributed by atoms with van der Waals surface area (Å²) >= 11 is 0. The van der Waals surface area contributed by atoms with Crippen molar-refractivity contribution in [3.8, 4) is 12.1 Å². The molecule has 0 bridgehead atoms. The van der Waals surface area contributed by atoms with Crippen molar-refractivity contribution in [2.24, 2.45) is 0 Å². The van der Waals surface area contributed by atoms with Gasteiger partial charge in [-0.3, -0.25) is 0 Å². The summed E-state index contributed by atoms with van der Waals surface area (Å²) in [5, 5.41) is 22.0. The lowest BCUT2D eigenvalue weighted by Gasteiger charge is -2.12. The summed E-state index contributed by atoms with van der Waals surface area (Å²) in [5.41, 5.74) is 2.06. The average molecular weight is 280 g/mol. The zero-order chi connectivity index (χ0) is 15.4. The van der Waals surface area contributed by atoms with Gasteiger partial charge in [-0.05, 0) is 44.8 Å². The number of hydrogen-bond donors (Lipinski definition) is 0. The molecule has 0 atom stereocenters. The lowest BCUT2D eigenvalue weighted by atomic mass is 9.91. The van der Waals surface area contributed by atoms with Gasteiger partial charge in [-0.1, -0.05) is 48.5 Å². The monoisotopic (exact) mass is 280 g/mol. The topological polar surface area (TPSA) is 47.6 Å². The highest BCUT2D eigenvalue weighted by Crippen LogP contribution is 2.34. The van der Waals surface area contributed by atoms with E-state index in [4.69, 9.17) is 10.5 Å². The van der Waals surface area contributed by atoms with Gasteiger partial charge in [-0.15, -0.1) is 0 Å². The number of allylic oxidation sites excluding steroid dienone is 2. The molecule has 0 aliphatic carbocycles. The lowest BCUT2D eigenvalue weighted by molar-refractivity contribution is 1.54. The fraction of sp³-hybridized carbons (Fsp3) is 0. The van der Waals surface area contributed by atoms with Crippen LogP contribution in [0.2, 0.25) is 0 Å². The molecule has 0 fully saturated rings. The van der Waals surface area contributed by atoms with Crippen LogP contribution in [0.1, 0.15) is 11.1 Å². The van der Waals surface area contributed by atoms with Crippen molar-refractivity contribution in [3.05, 3.63) is 71.8 Å². The van der Waals surface area contributed by atoms with E-state index in [1.54, 1.807) is 0 Å². The summed E-state index contributed by atoms with van der Waals surface area (Å²) in [6.45, 7) is 0. The molecular formula is C20H12N2. The van der Waals surface area contributed by atoms with Gasteiger partial charge in [-0.25, -0.2) is 0 Å². The van der Waals surface area contributed by atoms with Crippen molar-refractivity contribution in [1.82, 2.24) is 0 Å². The number of hydrogen-bond acceptors (Lipinski definition) is 2. The lowest BCUT2D eigenvalue weighted by Crippen LogP contribution is -1.88. The third kappa shape index (κ3) is 2.24. The maximum Gasteiger partial charge on any atom is 0.0912 e. The Morgan fingerprint density at radius 2 is 0.909 bits per heavy atom. The third-order valence-corrected chi connectivity index (χ3v) is 3.66. The van der Waals surface area contributed by atoms with Crippen LogP contribution in [0.15, 0.2) is 60.7 Å². The van der Waals surface area contributed by atoms with Crippen LogP contribution in [0.5, 0.6) is 0 Å². The molecule has 0 N–H and O–H groups in total. The standard InChI is InChI=1S/C20H12N2/c21-13-5-11-19-15-7-1-2-8-16(15)20(12-6-14-22)18-10-4-3-9-17(18)19/h1-12H/b11-5+,12-6+. The summed E-state index contributed by atoms with van der Waals surface area (Å²) in [6.07, 6.45) is 6.70. The highest BCUT2D eigenvalue weighted by Gasteiger charge is 2.09. The van der Waals surface area contributed by atoms with E-state index < -0.39 is 0 Å². The molecule has 22 heavy (non-hydrogen) atoms. The van der Waals surface area contributed by atoms with Crippen LogP contribution < -0.4 is 0 Å². The smallest absolute Gasteiger partial charge is 0.0912 e. The van der Waals surface area contributed by atoms with Crippen molar-refractivity contribution >= 4 is 33.7 Å². The van der Waals surface area contributed by atoms with Crippen LogP contribution in [-0.2, 0) is 0 Å². The Labute approximate surface area is 128 Å². The molecule has 0 radical (unpaired) electrons. The molecule has 0 aliphatic heterocycles. The third-order valence-electron chi connectivity index (χ3n) is 3.66. The molecule has 3 aromatic carbocycles. The first-order chi connectivity index (χ1) is 10.9. The molecule has 2 heteroatoms. The minimum absolute atomic E-state index is 1.03. The molecule has 3 rings (SSSR count). The van der Waals surface area contributed by atoms with E-state index in [2.05, 4.69) is 12.1 Å². The molecule has 0 aliphatic rings. The zero-order valence-corrected chi connectivity index (χ0v) is 11.8. The van der Waals surface area contributed by atoms with Crippen molar-refractivity contribution in [1.29, 1.82) is 10.5 Å². The molecule has 102 valence electrons. The number of benzene rings is 3. The SMILES string of the molecule is N#C/C=C/c1c2ccccc2c(/C=C/C#N)c2ccccc12. The van der Waals surface area contributed by atoms with Crippen molar-refractivity contribution < 1.29 is 0 Å². The van der Waals surface area contributed by atoms with Gasteiger partial charge in [0.1, 0.15) is 0 Å². The minimum atomic E-state index is 1.03. The predicted octanol–water partition coefficient (Wildman–Crippen LogP) is 5.07. The molecule has 2 nitrogen and oxygen atoms in total. The Morgan fingerprint density at radius 1 is 0.591 bits per heavy atom. The number of nitrogens with zero attached hydrogens (tertiary/aromatic N) is 2. The van der Waals surface area contributed by atoms with E-state index in [0.29, 0.717) is 0 Å². The molecular weight excluding hydrogens is 268 g/mol. The van der Waals surface area contributed by atoms with E-state index >= 15 is 0 Å². The highest BCUT2D eigenvalue weighted by atomic mass is 14.2. The largest absolute Gasteiger partial charge is 0.193 e. The second-order valence-electron chi connectivity index (χ2n) is 4.84. The second kappa shape index (κ2) is 5.95. The zero-order valence-electron chi connectivity index (χ0n) is 11.8. The van der Waals surface area contributed by atoms with Gasteiger partial charge in [-0.2, -0.15) is 10.5 Å². The second-order valence-corrected chi connectivity index (χ2v) is 4.84. The Morgan fingerprint density at radius 3 is 1.18 bits per heavy atom. The van der Waals surface area contributed by atoms with Gasteiger partial charge in [0.25, 0.3) is 0 Å². The summed E-state index contributed by atoms with van der Waals surface area (Å²) in [4.78, 5) is 0. The summed E-state index contributed by atoms with van der Waals surface area (Å²) in [6, 6.07) is 20.2. The van der Waals surface area contributed by atoms with E-state index in [9.17, 15) is 0 Å². The van der Waals surface area contributed by atoms with E-state index in [1.165, 1.54) is 12.2 Å². The fourth-order valence-corrected chi connectivity index (χ4v) is 2.80. The van der Waals surface area contributed by atoms with Crippen molar-refractivity contribution in [2.75, 3.05) is 0 Å². The van der Waals surface area contributed by atoms with E-state index in [1.807, 2.05) is 60.7 Å².